The van der Waals surface area contributed by atoms with Crippen LogP contribution in [-0.4, -0.2) is 43.2 Å². The van der Waals surface area contributed by atoms with Crippen molar-refractivity contribution in [2.75, 3.05) is 27.2 Å². The lowest BCUT2D eigenvalue weighted by Crippen LogP contribution is -2.33. The summed E-state index contributed by atoms with van der Waals surface area (Å²) in [6, 6.07) is 7.26. The topological polar surface area (TPSA) is 52.6 Å². The van der Waals surface area contributed by atoms with Crippen molar-refractivity contribution in [1.29, 1.82) is 0 Å². The van der Waals surface area contributed by atoms with Gasteiger partial charge in [-0.3, -0.25) is 10.1 Å². The third kappa shape index (κ3) is 3.32. The highest BCUT2D eigenvalue weighted by molar-refractivity contribution is 7.17. The van der Waals surface area contributed by atoms with Gasteiger partial charge in [0.2, 0.25) is 0 Å². The maximum atomic E-state index is 11.4. The number of aliphatic carboxylic acids is 1. The molecule has 19 heavy (non-hydrogen) atoms. The lowest BCUT2D eigenvalue weighted by Gasteiger charge is -2.16. The van der Waals surface area contributed by atoms with Crippen LogP contribution in [0.3, 0.4) is 0 Å². The van der Waals surface area contributed by atoms with Gasteiger partial charge in [0.05, 0.1) is 0 Å². The maximum Gasteiger partial charge on any atom is 0.325 e. The van der Waals surface area contributed by atoms with Crippen molar-refractivity contribution in [1.82, 2.24) is 10.2 Å². The molecule has 0 spiro atoms. The number of carboxylic acids is 1. The number of likely N-dealkylation sites (N-methyl/N-ethyl adjacent to an activating group) is 1. The number of fused-ring (bicyclic) bond motifs is 1. The average molecular weight is 278 g/mol. The summed E-state index contributed by atoms with van der Waals surface area (Å²) in [7, 11) is 3.94. The first kappa shape index (κ1) is 14.0. The predicted octanol–water partition coefficient (Wildman–Crippen LogP) is 2.18. The fraction of sp³-hybridized carbons (Fsp3) is 0.357. The Labute approximate surface area is 116 Å². The molecule has 0 aliphatic carbocycles. The number of hydrogen-bond donors (Lipinski definition) is 2. The molecule has 2 rings (SSSR count). The molecule has 0 aliphatic heterocycles. The summed E-state index contributed by atoms with van der Waals surface area (Å²) in [4.78, 5) is 13.5. The van der Waals surface area contributed by atoms with Gasteiger partial charge in [0.15, 0.2) is 0 Å². The van der Waals surface area contributed by atoms with Gasteiger partial charge in [0.25, 0.3) is 0 Å². The van der Waals surface area contributed by atoms with Gasteiger partial charge in [-0.2, -0.15) is 0 Å². The van der Waals surface area contributed by atoms with Crippen LogP contribution in [0.5, 0.6) is 0 Å². The molecule has 1 heterocycles. The van der Waals surface area contributed by atoms with Crippen LogP contribution in [0.1, 0.15) is 11.6 Å². The maximum absolute atomic E-state index is 11.4. The van der Waals surface area contributed by atoms with Crippen LogP contribution in [0.2, 0.25) is 0 Å². The molecule has 0 radical (unpaired) electrons. The minimum Gasteiger partial charge on any atom is -0.480 e. The number of nitrogens with one attached hydrogen (secondary N) is 1. The molecule has 0 saturated carbocycles. The van der Waals surface area contributed by atoms with Gasteiger partial charge in [0, 0.05) is 17.8 Å². The highest BCUT2D eigenvalue weighted by Crippen LogP contribution is 2.30. The van der Waals surface area contributed by atoms with E-state index in [-0.39, 0.29) is 0 Å². The van der Waals surface area contributed by atoms with Crippen molar-refractivity contribution < 1.29 is 9.90 Å². The number of carbonyl (C=O) groups is 1. The van der Waals surface area contributed by atoms with Crippen LogP contribution in [-0.2, 0) is 4.79 Å². The Morgan fingerprint density at radius 1 is 1.42 bits per heavy atom. The van der Waals surface area contributed by atoms with E-state index in [0.29, 0.717) is 6.54 Å². The van der Waals surface area contributed by atoms with Crippen LogP contribution in [0.25, 0.3) is 10.1 Å². The standard InChI is InChI=1S/C14H18N2O2S/c1-16(2)8-7-15-13(14(17)18)11-9-19-12-6-4-3-5-10(11)12/h3-6,9,13,15H,7-8H2,1-2H3,(H,17,18). The molecule has 102 valence electrons. The minimum absolute atomic E-state index is 0.643. The van der Waals surface area contributed by atoms with Gasteiger partial charge in [-0.25, -0.2) is 0 Å². The first-order valence-corrected chi connectivity index (χ1v) is 7.04. The molecule has 1 aromatic carbocycles. The largest absolute Gasteiger partial charge is 0.480 e. The van der Waals surface area contributed by atoms with E-state index in [1.807, 2.05) is 48.6 Å². The second-order valence-electron chi connectivity index (χ2n) is 4.72. The number of thiophene rings is 1. The van der Waals surface area contributed by atoms with Crippen LogP contribution in [0, 0.1) is 0 Å². The van der Waals surface area contributed by atoms with Gasteiger partial charge < -0.3 is 10.0 Å². The zero-order valence-corrected chi connectivity index (χ0v) is 11.9. The lowest BCUT2D eigenvalue weighted by atomic mass is 10.1. The summed E-state index contributed by atoms with van der Waals surface area (Å²) >= 11 is 1.59. The van der Waals surface area contributed by atoms with Gasteiger partial charge >= 0.3 is 5.97 Å². The van der Waals surface area contributed by atoms with E-state index < -0.39 is 12.0 Å². The average Bonchev–Trinajstić information content (AvgIpc) is 2.77. The fourth-order valence-corrected chi connectivity index (χ4v) is 2.97. The molecule has 0 aliphatic rings. The summed E-state index contributed by atoms with van der Waals surface area (Å²) in [5.41, 5.74) is 0.854. The monoisotopic (exact) mass is 278 g/mol. The van der Waals surface area contributed by atoms with E-state index in [2.05, 4.69) is 5.32 Å². The first-order valence-electron chi connectivity index (χ1n) is 6.16. The molecule has 2 aromatic rings. The Morgan fingerprint density at radius 2 is 2.16 bits per heavy atom. The molecule has 1 atom stereocenters. The summed E-state index contributed by atoms with van der Waals surface area (Å²) in [6.07, 6.45) is 0. The van der Waals surface area contributed by atoms with E-state index in [4.69, 9.17) is 0 Å². The summed E-state index contributed by atoms with van der Waals surface area (Å²) < 4.78 is 1.12. The van der Waals surface area contributed by atoms with Gasteiger partial charge in [-0.1, -0.05) is 18.2 Å². The molecule has 4 nitrogen and oxygen atoms in total. The Kier molecular flexibility index (Phi) is 4.52. The van der Waals surface area contributed by atoms with E-state index in [0.717, 1.165) is 22.2 Å². The third-order valence-corrected chi connectivity index (χ3v) is 3.96. The molecular formula is C14H18N2O2S. The van der Waals surface area contributed by atoms with Crippen molar-refractivity contribution in [3.05, 3.63) is 35.2 Å². The van der Waals surface area contributed by atoms with Crippen molar-refractivity contribution in [3.63, 3.8) is 0 Å². The molecule has 5 heteroatoms. The van der Waals surface area contributed by atoms with E-state index in [9.17, 15) is 9.90 Å². The predicted molar refractivity (Wildman–Crippen MR) is 78.8 cm³/mol. The number of rotatable bonds is 6. The Balaban J connectivity index is 2.21. The SMILES string of the molecule is CN(C)CCNC(C(=O)O)c1csc2ccccc12. The molecule has 0 fully saturated rings. The van der Waals surface area contributed by atoms with Crippen molar-refractivity contribution in [2.24, 2.45) is 0 Å². The van der Waals surface area contributed by atoms with Crippen molar-refractivity contribution in [2.45, 2.75) is 6.04 Å². The van der Waals surface area contributed by atoms with Gasteiger partial charge in [0.1, 0.15) is 6.04 Å². The quantitative estimate of drug-likeness (QED) is 0.850. The molecule has 2 N–H and O–H groups in total. The highest BCUT2D eigenvalue weighted by atomic mass is 32.1. The van der Waals surface area contributed by atoms with Crippen molar-refractivity contribution >= 4 is 27.4 Å². The van der Waals surface area contributed by atoms with Gasteiger partial charge in [-0.15, -0.1) is 11.3 Å². The van der Waals surface area contributed by atoms with E-state index in [1.54, 1.807) is 11.3 Å². The van der Waals surface area contributed by atoms with Crippen LogP contribution < -0.4 is 5.32 Å². The zero-order valence-electron chi connectivity index (χ0n) is 11.1. The number of hydrogen-bond acceptors (Lipinski definition) is 4. The van der Waals surface area contributed by atoms with Crippen LogP contribution in [0.15, 0.2) is 29.6 Å². The lowest BCUT2D eigenvalue weighted by molar-refractivity contribution is -0.139. The zero-order chi connectivity index (χ0) is 13.8. The summed E-state index contributed by atoms with van der Waals surface area (Å²) in [5, 5.41) is 15.5. The normalized spacial score (nSPS) is 13.0. The number of benzene rings is 1. The van der Waals surface area contributed by atoms with Crippen molar-refractivity contribution in [3.8, 4) is 0 Å². The molecule has 0 amide bonds. The second-order valence-corrected chi connectivity index (χ2v) is 5.63. The Morgan fingerprint density at radius 3 is 2.84 bits per heavy atom. The summed E-state index contributed by atoms with van der Waals surface area (Å²) in [6.45, 7) is 1.46. The molecule has 1 aromatic heterocycles. The molecular weight excluding hydrogens is 260 g/mol. The smallest absolute Gasteiger partial charge is 0.325 e. The van der Waals surface area contributed by atoms with E-state index in [1.165, 1.54) is 0 Å². The molecule has 1 unspecified atom stereocenters. The van der Waals surface area contributed by atoms with E-state index >= 15 is 0 Å². The fourth-order valence-electron chi connectivity index (χ4n) is 1.98. The first-order chi connectivity index (χ1) is 9.09. The second kappa shape index (κ2) is 6.14. The molecule has 0 bridgehead atoms. The minimum atomic E-state index is -0.831. The Bertz CT molecular complexity index is 565. The van der Waals surface area contributed by atoms with Gasteiger partial charge in [-0.05, 0) is 36.5 Å². The Hall–Kier alpha value is -1.43. The summed E-state index contributed by atoms with van der Waals surface area (Å²) in [5.74, 6) is -0.831. The van der Waals surface area contributed by atoms with Crippen LogP contribution in [0.4, 0.5) is 0 Å². The number of carboxylic acid groups (broad SMARTS) is 1. The molecule has 0 saturated heterocycles. The van der Waals surface area contributed by atoms with Crippen LogP contribution >= 0.6 is 11.3 Å². The number of nitrogens with zero attached hydrogens (tertiary/aromatic N) is 1. The third-order valence-electron chi connectivity index (χ3n) is 2.98. The highest BCUT2D eigenvalue weighted by Gasteiger charge is 2.22.